The molecule has 1 aliphatic carbocycles. The minimum Gasteiger partial charge on any atom is -0.466 e. The minimum absolute atomic E-state index is 0.0529. The monoisotopic (exact) mass is 469 g/mol. The van der Waals surface area contributed by atoms with Gasteiger partial charge in [-0.15, -0.1) is 17.8 Å². The number of amides is 2. The van der Waals surface area contributed by atoms with Gasteiger partial charge in [-0.1, -0.05) is 17.5 Å². The molecule has 166 valence electrons. The molecule has 10 heteroatoms. The van der Waals surface area contributed by atoms with E-state index >= 15 is 0 Å². The molecule has 1 aromatic rings. The smallest absolute Gasteiger partial charge is 0.335 e. The molecule has 1 aromatic heterocycles. The zero-order valence-corrected chi connectivity index (χ0v) is 18.7. The number of esters is 2. The first kappa shape index (κ1) is 24.6. The molecule has 0 fully saturated rings. The number of carbonyl (C=O) groups excluding carboxylic acids is 4. The second-order valence-corrected chi connectivity index (χ2v) is 7.98. The maximum Gasteiger partial charge on any atom is 0.335 e. The Morgan fingerprint density at radius 1 is 1.19 bits per heavy atom. The van der Waals surface area contributed by atoms with E-state index in [0.717, 1.165) is 6.92 Å². The Labute approximate surface area is 188 Å². The molecule has 0 aliphatic heterocycles. The van der Waals surface area contributed by atoms with Crippen molar-refractivity contribution in [2.75, 3.05) is 18.1 Å². The normalized spacial score (nSPS) is 13.4. The topological polar surface area (TPSA) is 90.0 Å². The second-order valence-electron chi connectivity index (χ2n) is 6.55. The van der Waals surface area contributed by atoms with Gasteiger partial charge < -0.3 is 9.47 Å². The molecular weight excluding hydrogens is 449 g/mol. The van der Waals surface area contributed by atoms with Crippen LogP contribution >= 0.6 is 22.9 Å². The molecule has 0 saturated heterocycles. The van der Waals surface area contributed by atoms with Crippen LogP contribution in [0.3, 0.4) is 0 Å². The Hall–Kier alpha value is -2.70. The number of rotatable bonds is 7. The predicted octanol–water partition coefficient (Wildman–Crippen LogP) is 3.57. The van der Waals surface area contributed by atoms with Gasteiger partial charge in [0.25, 0.3) is 5.91 Å². The fraction of sp³-hybridized carbons (Fsp3) is 0.429. The molecule has 0 aromatic carbocycles. The van der Waals surface area contributed by atoms with Crippen molar-refractivity contribution >= 4 is 52.4 Å². The average molecular weight is 470 g/mol. The number of hydrogen-bond donors (Lipinski definition) is 0. The van der Waals surface area contributed by atoms with Gasteiger partial charge in [0.05, 0.1) is 18.1 Å². The van der Waals surface area contributed by atoms with Crippen molar-refractivity contribution in [3.63, 3.8) is 0 Å². The highest BCUT2D eigenvalue weighted by Crippen LogP contribution is 2.41. The maximum atomic E-state index is 14.8. The lowest BCUT2D eigenvalue weighted by molar-refractivity contribution is -0.142. The largest absolute Gasteiger partial charge is 0.466 e. The fourth-order valence-corrected chi connectivity index (χ4v) is 4.45. The van der Waals surface area contributed by atoms with Gasteiger partial charge in [0, 0.05) is 22.9 Å². The molecule has 0 saturated carbocycles. The van der Waals surface area contributed by atoms with Crippen LogP contribution in [0.1, 0.15) is 44.4 Å². The van der Waals surface area contributed by atoms with Gasteiger partial charge in [-0.05, 0) is 32.6 Å². The Balaban J connectivity index is 2.47. The highest BCUT2D eigenvalue weighted by molar-refractivity contribution is 7.11. The molecule has 0 unspecified atom stereocenters. The van der Waals surface area contributed by atoms with Crippen LogP contribution < -0.4 is 4.90 Å². The number of nitrogens with zero attached hydrogens (tertiary/aromatic N) is 1. The number of halogens is 2. The Kier molecular flexibility index (Phi) is 8.77. The number of ether oxygens (including phenoxy) is 2. The van der Waals surface area contributed by atoms with Gasteiger partial charge >= 0.3 is 11.9 Å². The molecule has 31 heavy (non-hydrogen) atoms. The van der Waals surface area contributed by atoms with Crippen molar-refractivity contribution in [3.05, 3.63) is 26.2 Å². The summed E-state index contributed by atoms with van der Waals surface area (Å²) < 4.78 is 24.6. The SMILES string of the molecule is C#CCOC(=O)C1=C(C(=O)N(C(C)=O)c2c(F)sc(CC(=O)OCC)c2Cl)CCCC1. The number of imide groups is 1. The van der Waals surface area contributed by atoms with Gasteiger partial charge in [-0.2, -0.15) is 4.39 Å². The third-order valence-electron chi connectivity index (χ3n) is 4.46. The lowest BCUT2D eigenvalue weighted by Gasteiger charge is -2.24. The minimum atomic E-state index is -0.902. The third kappa shape index (κ3) is 5.71. The third-order valence-corrected chi connectivity index (χ3v) is 5.95. The standard InChI is InChI=1S/C21H21ClFNO6S/c1-4-10-30-21(28)14-9-7-6-8-13(14)20(27)24(12(3)25)18-17(22)15(31-19(18)23)11-16(26)29-5-2/h1H,5-11H2,2-3H3. The van der Waals surface area contributed by atoms with Crippen molar-refractivity contribution in [1.82, 2.24) is 0 Å². The van der Waals surface area contributed by atoms with Crippen molar-refractivity contribution in [2.24, 2.45) is 0 Å². The fourth-order valence-electron chi connectivity index (χ4n) is 3.16. The Morgan fingerprint density at radius 2 is 1.84 bits per heavy atom. The summed E-state index contributed by atoms with van der Waals surface area (Å²) in [4.78, 5) is 50.4. The highest BCUT2D eigenvalue weighted by Gasteiger charge is 2.35. The van der Waals surface area contributed by atoms with E-state index in [1.165, 1.54) is 0 Å². The zero-order valence-electron chi connectivity index (χ0n) is 17.1. The van der Waals surface area contributed by atoms with Crippen LogP contribution in [0.25, 0.3) is 0 Å². The first-order valence-electron chi connectivity index (χ1n) is 9.52. The molecular formula is C21H21ClFNO6S. The zero-order chi connectivity index (χ0) is 23.1. The van der Waals surface area contributed by atoms with Crippen LogP contribution in [0, 0.1) is 17.5 Å². The molecule has 0 spiro atoms. The van der Waals surface area contributed by atoms with Crippen LogP contribution in [0.15, 0.2) is 11.1 Å². The molecule has 7 nitrogen and oxygen atoms in total. The molecule has 1 aliphatic rings. The molecule has 2 amide bonds. The van der Waals surface area contributed by atoms with E-state index in [1.807, 2.05) is 0 Å². The summed E-state index contributed by atoms with van der Waals surface area (Å²) in [6.45, 7) is 2.58. The van der Waals surface area contributed by atoms with Crippen LogP contribution in [0.4, 0.5) is 10.1 Å². The van der Waals surface area contributed by atoms with E-state index in [2.05, 4.69) is 5.92 Å². The van der Waals surface area contributed by atoms with Gasteiger partial charge in [0.1, 0.15) is 5.69 Å². The van der Waals surface area contributed by atoms with E-state index in [9.17, 15) is 23.6 Å². The van der Waals surface area contributed by atoms with Crippen molar-refractivity contribution in [3.8, 4) is 12.3 Å². The number of carbonyl (C=O) groups is 4. The summed E-state index contributed by atoms with van der Waals surface area (Å²) in [5, 5.41) is -1.13. The summed E-state index contributed by atoms with van der Waals surface area (Å²) in [6, 6.07) is 0. The van der Waals surface area contributed by atoms with Crippen LogP contribution in [-0.2, 0) is 35.1 Å². The van der Waals surface area contributed by atoms with Gasteiger partial charge in [0.2, 0.25) is 11.0 Å². The van der Waals surface area contributed by atoms with Crippen LogP contribution in [0.2, 0.25) is 5.02 Å². The molecule has 2 rings (SSSR count). The van der Waals surface area contributed by atoms with E-state index in [-0.39, 0.29) is 53.5 Å². The van der Waals surface area contributed by atoms with E-state index in [1.54, 1.807) is 6.92 Å². The quantitative estimate of drug-likeness (QED) is 0.448. The Bertz CT molecular complexity index is 977. The molecule has 0 bridgehead atoms. The summed E-state index contributed by atoms with van der Waals surface area (Å²) in [5.41, 5.74) is -0.286. The maximum absolute atomic E-state index is 14.8. The number of anilines is 1. The van der Waals surface area contributed by atoms with Crippen molar-refractivity contribution in [2.45, 2.75) is 46.0 Å². The summed E-state index contributed by atoms with van der Waals surface area (Å²) in [5.74, 6) is -0.844. The number of hydrogen-bond acceptors (Lipinski definition) is 7. The van der Waals surface area contributed by atoms with E-state index in [0.29, 0.717) is 29.1 Å². The van der Waals surface area contributed by atoms with Gasteiger partial charge in [0.15, 0.2) is 6.61 Å². The summed E-state index contributed by atoms with van der Waals surface area (Å²) in [6.07, 6.45) is 6.53. The van der Waals surface area contributed by atoms with Gasteiger partial charge in [-0.25, -0.2) is 9.69 Å². The Morgan fingerprint density at radius 3 is 2.42 bits per heavy atom. The summed E-state index contributed by atoms with van der Waals surface area (Å²) in [7, 11) is 0. The van der Waals surface area contributed by atoms with Crippen LogP contribution in [-0.4, -0.2) is 37.0 Å². The average Bonchev–Trinajstić information content (AvgIpc) is 2.99. The molecule has 1 heterocycles. The van der Waals surface area contributed by atoms with Gasteiger partial charge in [-0.3, -0.25) is 14.4 Å². The van der Waals surface area contributed by atoms with E-state index < -0.39 is 34.6 Å². The first-order chi connectivity index (χ1) is 14.7. The van der Waals surface area contributed by atoms with Crippen molar-refractivity contribution < 1.29 is 33.0 Å². The van der Waals surface area contributed by atoms with E-state index in [4.69, 9.17) is 27.5 Å². The highest BCUT2D eigenvalue weighted by atomic mass is 35.5. The molecule has 0 N–H and O–H groups in total. The number of thiophene rings is 1. The molecule has 0 radical (unpaired) electrons. The lowest BCUT2D eigenvalue weighted by atomic mass is 9.90. The van der Waals surface area contributed by atoms with Crippen LogP contribution in [0.5, 0.6) is 0 Å². The lowest BCUT2D eigenvalue weighted by Crippen LogP contribution is -2.38. The first-order valence-corrected chi connectivity index (χ1v) is 10.7. The summed E-state index contributed by atoms with van der Waals surface area (Å²) >= 11 is 6.80. The second kappa shape index (κ2) is 11.1. The predicted molar refractivity (Wildman–Crippen MR) is 113 cm³/mol. The van der Waals surface area contributed by atoms with Crippen molar-refractivity contribution in [1.29, 1.82) is 0 Å². The number of terminal acetylenes is 1. The molecule has 0 atom stereocenters.